The molecule has 10 heteroatoms. The first kappa shape index (κ1) is 34.2. The molecule has 1 aliphatic heterocycles. The molecule has 1 aliphatic carbocycles. The van der Waals surface area contributed by atoms with Crippen LogP contribution in [0.4, 0.5) is 4.79 Å². The summed E-state index contributed by atoms with van der Waals surface area (Å²) in [5.74, 6) is -1.35. The number of ketones is 2. The van der Waals surface area contributed by atoms with Gasteiger partial charge in [0.15, 0.2) is 6.10 Å². The summed E-state index contributed by atoms with van der Waals surface area (Å²) < 4.78 is 16.7. The van der Waals surface area contributed by atoms with Crippen molar-refractivity contribution in [2.75, 3.05) is 14.2 Å². The highest BCUT2D eigenvalue weighted by Crippen LogP contribution is 2.27. The standard InChI is InChI=1S/C34H43N3O7/c1-21-17-25(42-4)15-9-11-22(2)32(44-34(35)41)29(43-5)16-10-12-23(3)33(40)37-27-19-28(38)30(26(18-21)31(27)39)36-20-24-13-7-6-8-14-24/h6-8,10-14,16,19,21,25,29,32,36H,9,15,17-18,20H2,1-5H3,(H2,35,41)(H,37,40)/b16-10-,22-11+,23-12+/t21-,25?,29?,32?/m0/s1. The van der Waals surface area contributed by atoms with Crippen LogP contribution in [-0.4, -0.2) is 56.1 Å². The third kappa shape index (κ3) is 9.62. The number of fused-ring (bicyclic) bond motifs is 2. The molecule has 3 unspecified atom stereocenters. The largest absolute Gasteiger partial charge is 0.439 e. The van der Waals surface area contributed by atoms with Gasteiger partial charge in [-0.3, -0.25) is 14.4 Å². The van der Waals surface area contributed by atoms with E-state index in [-0.39, 0.29) is 34.8 Å². The molecule has 10 nitrogen and oxygen atoms in total. The molecule has 0 radical (unpaired) electrons. The molecular formula is C34H43N3O7. The highest BCUT2D eigenvalue weighted by molar-refractivity contribution is 6.23. The van der Waals surface area contributed by atoms with Gasteiger partial charge >= 0.3 is 6.09 Å². The number of hydrogen-bond donors (Lipinski definition) is 3. The molecule has 2 aliphatic rings. The molecule has 1 aromatic carbocycles. The summed E-state index contributed by atoms with van der Waals surface area (Å²) in [7, 11) is 3.12. The highest BCUT2D eigenvalue weighted by Gasteiger charge is 2.31. The SMILES string of the molecule is COC1CC/C=C(\C)C(OC(N)=O)C(OC)/C=C\C=C(/C)C(=O)NC2=CC(=O)C(NCc3ccccc3)=C(C[C@@H](C)C1)C2=O. The van der Waals surface area contributed by atoms with Gasteiger partial charge in [-0.25, -0.2) is 4.79 Å². The number of benzene rings is 1. The third-order valence-corrected chi connectivity index (χ3v) is 7.68. The Morgan fingerprint density at radius 1 is 1.09 bits per heavy atom. The summed E-state index contributed by atoms with van der Waals surface area (Å²) in [4.78, 5) is 51.8. The normalized spacial score (nSPS) is 27.3. The monoisotopic (exact) mass is 605 g/mol. The maximum atomic E-state index is 13.8. The summed E-state index contributed by atoms with van der Waals surface area (Å²) in [5, 5.41) is 5.81. The summed E-state index contributed by atoms with van der Waals surface area (Å²) in [5.41, 5.74) is 7.84. The maximum Gasteiger partial charge on any atom is 0.405 e. The maximum absolute atomic E-state index is 13.8. The molecular weight excluding hydrogens is 562 g/mol. The van der Waals surface area contributed by atoms with Crippen molar-refractivity contribution in [1.82, 2.24) is 10.6 Å². The van der Waals surface area contributed by atoms with E-state index in [1.54, 1.807) is 32.3 Å². The lowest BCUT2D eigenvalue weighted by atomic mass is 9.86. The van der Waals surface area contributed by atoms with Crippen LogP contribution in [0.5, 0.6) is 0 Å². The zero-order valence-electron chi connectivity index (χ0n) is 26.1. The van der Waals surface area contributed by atoms with Gasteiger partial charge in [-0.1, -0.05) is 61.6 Å². The Hall–Kier alpha value is -4.28. The van der Waals surface area contributed by atoms with Crippen LogP contribution in [0.25, 0.3) is 0 Å². The van der Waals surface area contributed by atoms with Crippen molar-refractivity contribution in [1.29, 1.82) is 0 Å². The number of hydrogen-bond acceptors (Lipinski definition) is 8. The summed E-state index contributed by atoms with van der Waals surface area (Å²) in [6, 6.07) is 9.59. The zero-order valence-corrected chi connectivity index (χ0v) is 26.1. The number of methoxy groups -OCH3 is 2. The second kappa shape index (κ2) is 16.5. The first-order chi connectivity index (χ1) is 21.0. The van der Waals surface area contributed by atoms with Gasteiger partial charge in [-0.05, 0) is 56.6 Å². The molecule has 0 fully saturated rings. The van der Waals surface area contributed by atoms with Crippen LogP contribution < -0.4 is 16.4 Å². The lowest BCUT2D eigenvalue weighted by molar-refractivity contribution is -0.120. The smallest absolute Gasteiger partial charge is 0.405 e. The minimum atomic E-state index is -0.933. The van der Waals surface area contributed by atoms with Gasteiger partial charge in [-0.15, -0.1) is 0 Å². The second-order valence-electron chi connectivity index (χ2n) is 11.1. The van der Waals surface area contributed by atoms with Crippen LogP contribution in [0.2, 0.25) is 0 Å². The van der Waals surface area contributed by atoms with E-state index in [0.717, 1.165) is 11.1 Å². The minimum Gasteiger partial charge on any atom is -0.439 e. The lowest BCUT2D eigenvalue weighted by Gasteiger charge is -2.25. The third-order valence-electron chi connectivity index (χ3n) is 7.68. The summed E-state index contributed by atoms with van der Waals surface area (Å²) >= 11 is 0. The molecule has 0 saturated carbocycles. The molecule has 4 atom stereocenters. The van der Waals surface area contributed by atoms with Gasteiger partial charge in [-0.2, -0.15) is 0 Å². The Morgan fingerprint density at radius 3 is 2.48 bits per heavy atom. The number of allylic oxidation sites excluding steroid dienone is 5. The number of Topliss-reactive ketones (excluding diaryl/α,β-unsaturated/α-hetero) is 1. The van der Waals surface area contributed by atoms with Crippen molar-refractivity contribution in [2.45, 2.75) is 71.3 Å². The van der Waals surface area contributed by atoms with Crippen LogP contribution in [0.1, 0.15) is 52.0 Å². The Balaban J connectivity index is 1.98. The minimum absolute atomic E-state index is 0.0305. The van der Waals surface area contributed by atoms with Crippen molar-refractivity contribution >= 4 is 23.6 Å². The first-order valence-corrected chi connectivity index (χ1v) is 14.7. The quantitative estimate of drug-likeness (QED) is 0.321. The van der Waals surface area contributed by atoms with Crippen molar-refractivity contribution < 1.29 is 33.4 Å². The number of nitrogens with one attached hydrogen (secondary N) is 2. The molecule has 236 valence electrons. The lowest BCUT2D eigenvalue weighted by Crippen LogP contribution is -2.36. The molecule has 2 bridgehead atoms. The molecule has 0 saturated heterocycles. The zero-order chi connectivity index (χ0) is 32.2. The second-order valence-corrected chi connectivity index (χ2v) is 11.1. The van der Waals surface area contributed by atoms with Crippen molar-refractivity contribution in [3.05, 3.63) is 94.4 Å². The number of nitrogens with two attached hydrogens (primary N) is 1. The van der Waals surface area contributed by atoms with Gasteiger partial charge in [0.05, 0.1) is 17.5 Å². The van der Waals surface area contributed by atoms with Crippen molar-refractivity contribution in [3.8, 4) is 0 Å². The topological polar surface area (TPSA) is 146 Å². The van der Waals surface area contributed by atoms with Gasteiger partial charge in [0.1, 0.15) is 6.10 Å². The molecule has 1 heterocycles. The van der Waals surface area contributed by atoms with E-state index < -0.39 is 30.0 Å². The molecule has 1 aromatic rings. The van der Waals surface area contributed by atoms with Crippen molar-refractivity contribution in [3.63, 3.8) is 0 Å². The number of primary amides is 1. The molecule has 2 amide bonds. The fourth-order valence-electron chi connectivity index (χ4n) is 5.24. The van der Waals surface area contributed by atoms with E-state index >= 15 is 0 Å². The fourth-order valence-corrected chi connectivity index (χ4v) is 5.24. The predicted octanol–water partition coefficient (Wildman–Crippen LogP) is 4.34. The Morgan fingerprint density at radius 2 is 1.82 bits per heavy atom. The van der Waals surface area contributed by atoms with E-state index in [1.165, 1.54) is 13.2 Å². The van der Waals surface area contributed by atoms with E-state index in [2.05, 4.69) is 10.6 Å². The van der Waals surface area contributed by atoms with Crippen LogP contribution in [0.15, 0.2) is 88.8 Å². The first-order valence-electron chi connectivity index (χ1n) is 14.7. The van der Waals surface area contributed by atoms with Crippen molar-refractivity contribution in [2.24, 2.45) is 11.7 Å². The summed E-state index contributed by atoms with van der Waals surface area (Å²) in [6.07, 6.45) is 7.63. The van der Waals surface area contributed by atoms with E-state index in [1.807, 2.05) is 50.3 Å². The fraction of sp³-hybridized carbons (Fsp3) is 0.412. The van der Waals surface area contributed by atoms with Crippen LogP contribution in [-0.2, 0) is 35.1 Å². The average Bonchev–Trinajstić information content (AvgIpc) is 2.99. The molecule has 4 N–H and O–H groups in total. The Bertz CT molecular complexity index is 1370. The number of amides is 2. The predicted molar refractivity (Wildman–Crippen MR) is 167 cm³/mol. The molecule has 3 rings (SSSR count). The van der Waals surface area contributed by atoms with Gasteiger partial charge < -0.3 is 30.6 Å². The Kier molecular flexibility index (Phi) is 12.9. The van der Waals surface area contributed by atoms with E-state index in [4.69, 9.17) is 19.9 Å². The van der Waals surface area contributed by atoms with E-state index in [0.29, 0.717) is 37.8 Å². The van der Waals surface area contributed by atoms with E-state index in [9.17, 15) is 19.2 Å². The molecule has 0 spiro atoms. The van der Waals surface area contributed by atoms with Crippen LogP contribution in [0.3, 0.4) is 0 Å². The Labute approximate surface area is 259 Å². The number of carbonyl (C=O) groups excluding carboxylic acids is 4. The number of rotatable bonds is 6. The highest BCUT2D eigenvalue weighted by atomic mass is 16.6. The molecule has 0 aromatic heterocycles. The van der Waals surface area contributed by atoms with Gasteiger partial charge in [0, 0.05) is 38.0 Å². The van der Waals surface area contributed by atoms with Gasteiger partial charge in [0.2, 0.25) is 11.6 Å². The number of ether oxygens (including phenoxy) is 3. The van der Waals surface area contributed by atoms with Crippen LogP contribution >= 0.6 is 0 Å². The number of carbonyl (C=O) groups is 4. The molecule has 44 heavy (non-hydrogen) atoms. The van der Waals surface area contributed by atoms with Gasteiger partial charge in [0.25, 0.3) is 5.91 Å². The van der Waals surface area contributed by atoms with Crippen LogP contribution in [0, 0.1) is 5.92 Å². The summed E-state index contributed by atoms with van der Waals surface area (Å²) in [6.45, 7) is 5.79. The average molecular weight is 606 g/mol.